The van der Waals surface area contributed by atoms with Crippen LogP contribution in [0.3, 0.4) is 0 Å². The van der Waals surface area contributed by atoms with Crippen LogP contribution in [0, 0.1) is 0 Å². The lowest BCUT2D eigenvalue weighted by molar-refractivity contribution is 0.764. The second-order valence-electron chi connectivity index (χ2n) is 4.03. The van der Waals surface area contributed by atoms with Gasteiger partial charge in [0.2, 0.25) is 0 Å². The number of fused-ring (bicyclic) bond motifs is 1. The van der Waals surface area contributed by atoms with E-state index in [9.17, 15) is 0 Å². The zero-order chi connectivity index (χ0) is 9.38. The second-order valence-corrected chi connectivity index (χ2v) is 4.03. The number of hydrogen-bond donors (Lipinski definition) is 0. The largest absolute Gasteiger partial charge is 0.269 e. The van der Waals surface area contributed by atoms with E-state index >= 15 is 0 Å². The van der Waals surface area contributed by atoms with Gasteiger partial charge in [0.1, 0.15) is 0 Å². The highest BCUT2D eigenvalue weighted by Crippen LogP contribution is 2.39. The molecule has 1 aromatic rings. The molecule has 0 spiro atoms. The van der Waals surface area contributed by atoms with Crippen molar-refractivity contribution in [2.24, 2.45) is 4.99 Å². The fourth-order valence-electron chi connectivity index (χ4n) is 2.53. The van der Waals surface area contributed by atoms with Gasteiger partial charge in [-0.2, -0.15) is 0 Å². The van der Waals surface area contributed by atoms with Crippen LogP contribution in [0.5, 0.6) is 0 Å². The molecule has 0 aromatic heterocycles. The minimum Gasteiger partial charge on any atom is -0.269 e. The van der Waals surface area contributed by atoms with Crippen molar-refractivity contribution in [1.82, 2.24) is 0 Å². The molecule has 1 heteroatoms. The maximum atomic E-state index is 4.20. The number of nitrogens with zero attached hydrogens (tertiary/aromatic N) is 1. The topological polar surface area (TPSA) is 12.4 Å². The van der Waals surface area contributed by atoms with Gasteiger partial charge in [0, 0.05) is 24.8 Å². The van der Waals surface area contributed by atoms with Crippen LogP contribution in [0.2, 0.25) is 0 Å². The van der Waals surface area contributed by atoms with Crippen molar-refractivity contribution in [1.29, 1.82) is 0 Å². The summed E-state index contributed by atoms with van der Waals surface area (Å²) in [5, 5.41) is 0. The molecule has 1 aromatic carbocycles. The number of aliphatic imine (C=N–C) groups is 1. The molecule has 70 valence electrons. The van der Waals surface area contributed by atoms with E-state index in [0.29, 0.717) is 5.92 Å². The Kier molecular flexibility index (Phi) is 1.76. The molecule has 0 saturated carbocycles. The van der Waals surface area contributed by atoms with Crippen LogP contribution in [0.15, 0.2) is 41.0 Å². The Morgan fingerprint density at radius 3 is 3.00 bits per heavy atom. The summed E-state index contributed by atoms with van der Waals surface area (Å²) in [7, 11) is 0. The number of aryl methyl sites for hydroxylation is 1. The van der Waals surface area contributed by atoms with Crippen LogP contribution < -0.4 is 0 Å². The van der Waals surface area contributed by atoms with Gasteiger partial charge in [0.05, 0.1) is 0 Å². The number of rotatable bonds is 1. The summed E-state index contributed by atoms with van der Waals surface area (Å²) in [6.07, 6.45) is 7.62. The lowest BCUT2D eigenvalue weighted by Gasteiger charge is -2.11. The highest BCUT2D eigenvalue weighted by Gasteiger charge is 2.25. The lowest BCUT2D eigenvalue weighted by atomic mass is 9.92. The van der Waals surface area contributed by atoms with E-state index in [-0.39, 0.29) is 0 Å². The van der Waals surface area contributed by atoms with Crippen molar-refractivity contribution in [2.45, 2.75) is 25.2 Å². The van der Waals surface area contributed by atoms with Crippen LogP contribution in [-0.4, -0.2) is 6.21 Å². The maximum absolute atomic E-state index is 4.20. The standard InChI is InChI=1S/C13H13N/c1-2-4-12-10(3-1)5-6-13(12)11-7-8-14-9-11/h1-4,8-9,13H,5-7H2. The second kappa shape index (κ2) is 3.09. The van der Waals surface area contributed by atoms with E-state index in [1.165, 1.54) is 29.5 Å². The summed E-state index contributed by atoms with van der Waals surface area (Å²) in [5.74, 6) is 0.647. The summed E-state index contributed by atoms with van der Waals surface area (Å²) < 4.78 is 0. The van der Waals surface area contributed by atoms with Crippen LogP contribution in [-0.2, 0) is 6.42 Å². The number of hydrogen-bond acceptors (Lipinski definition) is 1. The molecule has 0 N–H and O–H groups in total. The van der Waals surface area contributed by atoms with Gasteiger partial charge in [-0.1, -0.05) is 24.3 Å². The van der Waals surface area contributed by atoms with E-state index in [1.54, 1.807) is 0 Å². The van der Waals surface area contributed by atoms with Gasteiger partial charge < -0.3 is 0 Å². The van der Waals surface area contributed by atoms with Crippen molar-refractivity contribution in [3.8, 4) is 0 Å². The van der Waals surface area contributed by atoms with Crippen molar-refractivity contribution < 1.29 is 0 Å². The highest BCUT2D eigenvalue weighted by molar-refractivity contribution is 5.66. The quantitative estimate of drug-likeness (QED) is 0.634. The minimum absolute atomic E-state index is 0.647. The van der Waals surface area contributed by atoms with Crippen LogP contribution in [0.4, 0.5) is 0 Å². The first-order valence-corrected chi connectivity index (χ1v) is 5.23. The molecule has 2 aliphatic rings. The molecule has 3 rings (SSSR count). The first-order chi connectivity index (χ1) is 6.95. The Morgan fingerprint density at radius 2 is 2.14 bits per heavy atom. The predicted octanol–water partition coefficient (Wildman–Crippen LogP) is 3.07. The third kappa shape index (κ3) is 1.12. The molecule has 0 amide bonds. The molecule has 0 fully saturated rings. The van der Waals surface area contributed by atoms with Crippen LogP contribution >= 0.6 is 0 Å². The van der Waals surface area contributed by atoms with Gasteiger partial charge in [-0.05, 0) is 29.5 Å². The van der Waals surface area contributed by atoms with E-state index < -0.39 is 0 Å². The molecule has 1 aliphatic carbocycles. The monoisotopic (exact) mass is 183 g/mol. The van der Waals surface area contributed by atoms with E-state index in [2.05, 4.69) is 29.3 Å². The third-order valence-electron chi connectivity index (χ3n) is 3.25. The summed E-state index contributed by atoms with van der Waals surface area (Å²) in [4.78, 5) is 4.20. The van der Waals surface area contributed by atoms with Crippen LogP contribution in [0.1, 0.15) is 29.9 Å². The third-order valence-corrected chi connectivity index (χ3v) is 3.25. The minimum atomic E-state index is 0.647. The molecule has 1 unspecified atom stereocenters. The van der Waals surface area contributed by atoms with Crippen molar-refractivity contribution in [2.75, 3.05) is 0 Å². The fourth-order valence-corrected chi connectivity index (χ4v) is 2.53. The summed E-state index contributed by atoms with van der Waals surface area (Å²) in [5.41, 5.74) is 4.56. The van der Waals surface area contributed by atoms with Crippen molar-refractivity contribution in [3.63, 3.8) is 0 Å². The van der Waals surface area contributed by atoms with Gasteiger partial charge in [-0.15, -0.1) is 0 Å². The lowest BCUT2D eigenvalue weighted by Crippen LogP contribution is -1.96. The van der Waals surface area contributed by atoms with Crippen molar-refractivity contribution in [3.05, 3.63) is 47.2 Å². The summed E-state index contributed by atoms with van der Waals surface area (Å²) in [6.45, 7) is 0. The average Bonchev–Trinajstić information content (AvgIpc) is 2.85. The Hall–Kier alpha value is -1.37. The molecule has 0 saturated heterocycles. The molecule has 1 atom stereocenters. The molecular weight excluding hydrogens is 170 g/mol. The molecule has 1 aliphatic heterocycles. The van der Waals surface area contributed by atoms with E-state index in [1.807, 2.05) is 12.4 Å². The maximum Gasteiger partial charge on any atom is 0.0265 e. The molecule has 1 heterocycles. The SMILES string of the molecule is C1=NC=C(C2CCc3ccccc32)C1. The first kappa shape index (κ1) is 7.98. The Bertz CT molecular complexity index is 415. The molecule has 1 nitrogen and oxygen atoms in total. The zero-order valence-corrected chi connectivity index (χ0v) is 8.11. The Balaban J connectivity index is 1.98. The summed E-state index contributed by atoms with van der Waals surface area (Å²) in [6, 6.07) is 8.81. The molecule has 0 bridgehead atoms. The van der Waals surface area contributed by atoms with Crippen molar-refractivity contribution >= 4 is 6.21 Å². The van der Waals surface area contributed by atoms with Crippen LogP contribution in [0.25, 0.3) is 0 Å². The first-order valence-electron chi connectivity index (χ1n) is 5.23. The predicted molar refractivity (Wildman–Crippen MR) is 58.7 cm³/mol. The van der Waals surface area contributed by atoms with Gasteiger partial charge in [0.15, 0.2) is 0 Å². The van der Waals surface area contributed by atoms with Gasteiger partial charge in [0.25, 0.3) is 0 Å². The van der Waals surface area contributed by atoms with E-state index in [0.717, 1.165) is 6.42 Å². The Labute approximate surface area is 84.2 Å². The number of benzene rings is 1. The molecule has 0 radical (unpaired) electrons. The van der Waals surface area contributed by atoms with Gasteiger partial charge >= 0.3 is 0 Å². The zero-order valence-electron chi connectivity index (χ0n) is 8.11. The fraction of sp³-hybridized carbons (Fsp3) is 0.308. The Morgan fingerprint density at radius 1 is 1.21 bits per heavy atom. The molecule has 14 heavy (non-hydrogen) atoms. The highest BCUT2D eigenvalue weighted by atomic mass is 14.7. The normalized spacial score (nSPS) is 23.7. The molecular formula is C13H13N. The van der Waals surface area contributed by atoms with Gasteiger partial charge in [-0.3, -0.25) is 4.99 Å². The summed E-state index contributed by atoms with van der Waals surface area (Å²) >= 11 is 0. The average molecular weight is 183 g/mol. The van der Waals surface area contributed by atoms with E-state index in [4.69, 9.17) is 0 Å². The smallest absolute Gasteiger partial charge is 0.0265 e. The van der Waals surface area contributed by atoms with Gasteiger partial charge in [-0.25, -0.2) is 0 Å². The number of allylic oxidation sites excluding steroid dienone is 1.